The first kappa shape index (κ1) is 10.9. The van der Waals surface area contributed by atoms with Crippen molar-refractivity contribution in [2.75, 3.05) is 24.5 Å². The summed E-state index contributed by atoms with van der Waals surface area (Å²) >= 11 is 0. The van der Waals surface area contributed by atoms with Gasteiger partial charge in [-0.15, -0.1) is 0 Å². The van der Waals surface area contributed by atoms with Crippen molar-refractivity contribution >= 4 is 22.5 Å². The molecule has 0 bridgehead atoms. The van der Waals surface area contributed by atoms with Crippen LogP contribution in [-0.4, -0.2) is 36.6 Å². The van der Waals surface area contributed by atoms with E-state index in [9.17, 15) is 4.79 Å². The van der Waals surface area contributed by atoms with Gasteiger partial charge in [-0.2, -0.15) is 0 Å². The standard InChI is InChI=1S/C14H16N4O/c15-14(19)10-1-2-12(9-3-4-16-13(9)10)18-6-8-5-17-11(8)7-18/h1-4,8,11,16-17H,5-7H2,(H2,15,19)/t8-,11+/m1/s1. The number of amides is 1. The largest absolute Gasteiger partial charge is 0.369 e. The molecule has 2 atom stereocenters. The zero-order valence-electron chi connectivity index (χ0n) is 10.5. The third-order valence-electron chi connectivity index (χ3n) is 4.39. The van der Waals surface area contributed by atoms with E-state index in [0.29, 0.717) is 11.6 Å². The molecule has 1 aromatic heterocycles. The Morgan fingerprint density at radius 2 is 2.21 bits per heavy atom. The van der Waals surface area contributed by atoms with Crippen LogP contribution in [0.2, 0.25) is 0 Å². The average molecular weight is 256 g/mol. The molecule has 2 aromatic rings. The number of aromatic amines is 1. The normalized spacial score (nSPS) is 25.4. The first-order valence-corrected chi connectivity index (χ1v) is 6.62. The fraction of sp³-hybridized carbons (Fsp3) is 0.357. The van der Waals surface area contributed by atoms with Crippen molar-refractivity contribution in [3.63, 3.8) is 0 Å². The third-order valence-corrected chi connectivity index (χ3v) is 4.39. The van der Waals surface area contributed by atoms with Crippen LogP contribution in [0.4, 0.5) is 5.69 Å². The Labute approximate surface area is 110 Å². The van der Waals surface area contributed by atoms with Crippen molar-refractivity contribution in [2.24, 2.45) is 11.7 Å². The van der Waals surface area contributed by atoms with Crippen molar-refractivity contribution in [1.29, 1.82) is 0 Å². The molecule has 0 unspecified atom stereocenters. The Kier molecular flexibility index (Phi) is 2.14. The summed E-state index contributed by atoms with van der Waals surface area (Å²) in [7, 11) is 0. The van der Waals surface area contributed by atoms with E-state index >= 15 is 0 Å². The molecule has 1 aromatic carbocycles. The molecule has 0 radical (unpaired) electrons. The number of nitrogens with zero attached hydrogens (tertiary/aromatic N) is 1. The second-order valence-electron chi connectivity index (χ2n) is 5.44. The molecule has 5 nitrogen and oxygen atoms in total. The first-order chi connectivity index (χ1) is 9.24. The van der Waals surface area contributed by atoms with Crippen molar-refractivity contribution < 1.29 is 4.79 Å². The molecule has 3 heterocycles. The summed E-state index contributed by atoms with van der Waals surface area (Å²) < 4.78 is 0. The molecule has 2 aliphatic rings. The second kappa shape index (κ2) is 3.74. The van der Waals surface area contributed by atoms with Gasteiger partial charge < -0.3 is 20.9 Å². The molecular weight excluding hydrogens is 240 g/mol. The summed E-state index contributed by atoms with van der Waals surface area (Å²) in [6.07, 6.45) is 1.86. The van der Waals surface area contributed by atoms with Crippen LogP contribution in [0.5, 0.6) is 0 Å². The fourth-order valence-corrected chi connectivity index (χ4v) is 3.27. The summed E-state index contributed by atoms with van der Waals surface area (Å²) in [5.74, 6) is 0.381. The monoisotopic (exact) mass is 256 g/mol. The van der Waals surface area contributed by atoms with Gasteiger partial charge in [-0.3, -0.25) is 4.79 Å². The molecular formula is C14H16N4O. The van der Waals surface area contributed by atoms with E-state index in [2.05, 4.69) is 15.2 Å². The van der Waals surface area contributed by atoms with E-state index in [-0.39, 0.29) is 5.91 Å². The van der Waals surface area contributed by atoms with E-state index in [1.165, 1.54) is 5.69 Å². The molecule has 0 aliphatic carbocycles. The Bertz CT molecular complexity index is 651. The van der Waals surface area contributed by atoms with Gasteiger partial charge >= 0.3 is 0 Å². The van der Waals surface area contributed by atoms with Gasteiger partial charge in [0.2, 0.25) is 0 Å². The smallest absolute Gasteiger partial charge is 0.250 e. The van der Waals surface area contributed by atoms with Crippen LogP contribution in [0, 0.1) is 5.92 Å². The van der Waals surface area contributed by atoms with E-state index in [0.717, 1.165) is 36.5 Å². The van der Waals surface area contributed by atoms with Gasteiger partial charge in [0.1, 0.15) is 0 Å². The highest BCUT2D eigenvalue weighted by Crippen LogP contribution is 2.34. The zero-order chi connectivity index (χ0) is 13.0. The summed E-state index contributed by atoms with van der Waals surface area (Å²) in [6, 6.07) is 6.49. The van der Waals surface area contributed by atoms with E-state index in [1.54, 1.807) is 0 Å². The summed E-state index contributed by atoms with van der Waals surface area (Å²) in [5.41, 5.74) is 8.01. The highest BCUT2D eigenvalue weighted by Gasteiger charge is 2.39. The predicted octanol–water partition coefficient (Wildman–Crippen LogP) is 0.675. The molecule has 98 valence electrons. The molecule has 4 N–H and O–H groups in total. The maximum absolute atomic E-state index is 11.4. The van der Waals surface area contributed by atoms with Crippen LogP contribution in [0.25, 0.3) is 10.9 Å². The number of primary amides is 1. The molecule has 1 amide bonds. The number of hydrogen-bond donors (Lipinski definition) is 3. The minimum atomic E-state index is -0.387. The van der Waals surface area contributed by atoms with Crippen LogP contribution >= 0.6 is 0 Å². The number of fused-ring (bicyclic) bond motifs is 2. The molecule has 4 rings (SSSR count). The lowest BCUT2D eigenvalue weighted by Gasteiger charge is -2.29. The molecule has 2 aliphatic heterocycles. The third kappa shape index (κ3) is 1.48. The summed E-state index contributed by atoms with van der Waals surface area (Å²) in [4.78, 5) is 17.0. The topological polar surface area (TPSA) is 74.2 Å². The second-order valence-corrected chi connectivity index (χ2v) is 5.44. The Morgan fingerprint density at radius 3 is 2.84 bits per heavy atom. The molecule has 19 heavy (non-hydrogen) atoms. The minimum absolute atomic E-state index is 0.387. The van der Waals surface area contributed by atoms with Gasteiger partial charge in [0.25, 0.3) is 5.91 Å². The summed E-state index contributed by atoms with van der Waals surface area (Å²) in [5, 5.41) is 4.54. The fourth-order valence-electron chi connectivity index (χ4n) is 3.27. The van der Waals surface area contributed by atoms with Crippen molar-refractivity contribution in [2.45, 2.75) is 6.04 Å². The number of carbonyl (C=O) groups excluding carboxylic acids is 1. The van der Waals surface area contributed by atoms with Crippen molar-refractivity contribution in [1.82, 2.24) is 10.3 Å². The lowest BCUT2D eigenvalue weighted by molar-refractivity contribution is 0.100. The number of anilines is 1. The molecule has 2 saturated heterocycles. The predicted molar refractivity (Wildman–Crippen MR) is 74.3 cm³/mol. The minimum Gasteiger partial charge on any atom is -0.369 e. The summed E-state index contributed by atoms with van der Waals surface area (Å²) in [6.45, 7) is 3.26. The van der Waals surface area contributed by atoms with Gasteiger partial charge in [-0.25, -0.2) is 0 Å². The van der Waals surface area contributed by atoms with Gasteiger partial charge in [0.05, 0.1) is 11.1 Å². The van der Waals surface area contributed by atoms with Crippen molar-refractivity contribution in [3.8, 4) is 0 Å². The number of nitrogens with one attached hydrogen (secondary N) is 2. The lowest BCUT2D eigenvalue weighted by atomic mass is 9.96. The maximum Gasteiger partial charge on any atom is 0.250 e. The van der Waals surface area contributed by atoms with Gasteiger partial charge in [-0.05, 0) is 18.2 Å². The van der Waals surface area contributed by atoms with E-state index in [4.69, 9.17) is 5.73 Å². The van der Waals surface area contributed by atoms with E-state index in [1.807, 2.05) is 24.4 Å². The Morgan fingerprint density at radius 1 is 1.32 bits per heavy atom. The molecule has 0 spiro atoms. The highest BCUT2D eigenvalue weighted by molar-refractivity contribution is 6.08. The van der Waals surface area contributed by atoms with Crippen LogP contribution in [0.3, 0.4) is 0 Å². The van der Waals surface area contributed by atoms with Crippen LogP contribution in [0.15, 0.2) is 24.4 Å². The molecule has 2 fully saturated rings. The number of hydrogen-bond acceptors (Lipinski definition) is 3. The number of rotatable bonds is 2. The number of aromatic nitrogens is 1. The highest BCUT2D eigenvalue weighted by atomic mass is 16.1. The Balaban J connectivity index is 1.80. The number of H-pyrrole nitrogens is 1. The maximum atomic E-state index is 11.4. The molecule has 0 saturated carbocycles. The van der Waals surface area contributed by atoms with Gasteiger partial charge in [0, 0.05) is 48.9 Å². The average Bonchev–Trinajstić information content (AvgIpc) is 2.94. The quantitative estimate of drug-likeness (QED) is 0.739. The van der Waals surface area contributed by atoms with Crippen LogP contribution in [0.1, 0.15) is 10.4 Å². The van der Waals surface area contributed by atoms with Crippen molar-refractivity contribution in [3.05, 3.63) is 30.0 Å². The van der Waals surface area contributed by atoms with E-state index < -0.39 is 0 Å². The number of nitrogens with two attached hydrogens (primary N) is 1. The zero-order valence-corrected chi connectivity index (χ0v) is 10.5. The number of carbonyl (C=O) groups is 1. The van der Waals surface area contributed by atoms with Crippen LogP contribution < -0.4 is 16.0 Å². The van der Waals surface area contributed by atoms with Gasteiger partial charge in [-0.1, -0.05) is 0 Å². The Hall–Kier alpha value is -2.01. The SMILES string of the molecule is NC(=O)c1ccc(N2C[C@H]3CN[C@H]3C2)c2cc[nH]c12. The number of benzene rings is 1. The van der Waals surface area contributed by atoms with Crippen LogP contribution in [-0.2, 0) is 0 Å². The lowest BCUT2D eigenvalue weighted by Crippen LogP contribution is -2.51. The molecule has 5 heteroatoms. The first-order valence-electron chi connectivity index (χ1n) is 6.62. The van der Waals surface area contributed by atoms with Gasteiger partial charge in [0.15, 0.2) is 0 Å².